The van der Waals surface area contributed by atoms with Crippen molar-refractivity contribution in [1.82, 2.24) is 9.80 Å². The van der Waals surface area contributed by atoms with Gasteiger partial charge in [-0.3, -0.25) is 4.79 Å². The molecule has 0 bridgehead atoms. The van der Waals surface area contributed by atoms with E-state index < -0.39 is 11.9 Å². The molecule has 0 aromatic carbocycles. The van der Waals surface area contributed by atoms with E-state index >= 15 is 0 Å². The topological polar surface area (TPSA) is 60.9 Å². The highest BCUT2D eigenvalue weighted by Crippen LogP contribution is 2.00. The third-order valence-electron chi connectivity index (χ3n) is 1.68. The van der Waals surface area contributed by atoms with Gasteiger partial charge in [0.25, 0.3) is 0 Å². The maximum Gasteiger partial charge on any atom is 0.319 e. The Morgan fingerprint density at radius 2 is 1.77 bits per heavy atom. The largest absolute Gasteiger partial charge is 0.481 e. The number of aliphatic carboxylic acids is 1. The first-order valence-electron chi connectivity index (χ1n) is 4.01. The van der Waals surface area contributed by atoms with Crippen LogP contribution in [-0.2, 0) is 4.79 Å². The molecule has 0 fully saturated rings. The molecule has 0 rings (SSSR count). The molecule has 0 aliphatic carbocycles. The van der Waals surface area contributed by atoms with E-state index in [0.29, 0.717) is 0 Å². The molecule has 13 heavy (non-hydrogen) atoms. The fourth-order valence-corrected chi connectivity index (χ4v) is 0.908. The van der Waals surface area contributed by atoms with Crippen molar-refractivity contribution in [3.05, 3.63) is 0 Å². The minimum Gasteiger partial charge on any atom is -0.481 e. The van der Waals surface area contributed by atoms with Crippen molar-refractivity contribution in [2.24, 2.45) is 5.92 Å². The third-order valence-corrected chi connectivity index (χ3v) is 1.68. The monoisotopic (exact) mass is 188 g/mol. The van der Waals surface area contributed by atoms with E-state index in [1.54, 1.807) is 28.1 Å². The van der Waals surface area contributed by atoms with Crippen LogP contribution in [0.4, 0.5) is 4.79 Å². The second-order valence-electron chi connectivity index (χ2n) is 3.30. The number of rotatable bonds is 3. The number of hydrogen-bond acceptors (Lipinski definition) is 2. The van der Waals surface area contributed by atoms with Crippen molar-refractivity contribution in [2.75, 3.05) is 27.7 Å². The fourth-order valence-electron chi connectivity index (χ4n) is 0.908. The molecule has 0 heterocycles. The molecule has 0 aliphatic heterocycles. The van der Waals surface area contributed by atoms with Gasteiger partial charge in [0, 0.05) is 27.7 Å². The summed E-state index contributed by atoms with van der Waals surface area (Å²) in [5, 5.41) is 8.60. The van der Waals surface area contributed by atoms with Crippen molar-refractivity contribution < 1.29 is 14.7 Å². The first kappa shape index (κ1) is 11.7. The Bertz CT molecular complexity index is 204. The summed E-state index contributed by atoms with van der Waals surface area (Å²) in [6.07, 6.45) is 0. The van der Waals surface area contributed by atoms with Crippen LogP contribution in [0.2, 0.25) is 0 Å². The number of carboxylic acids is 1. The molecule has 5 nitrogen and oxygen atoms in total. The van der Waals surface area contributed by atoms with E-state index in [9.17, 15) is 9.59 Å². The summed E-state index contributed by atoms with van der Waals surface area (Å²) in [5.41, 5.74) is 0. The minimum absolute atomic E-state index is 0.187. The average Bonchev–Trinajstić information content (AvgIpc) is 2.02. The Kier molecular flexibility index (Phi) is 4.23. The van der Waals surface area contributed by atoms with Gasteiger partial charge in [0.05, 0.1) is 5.92 Å². The second-order valence-corrected chi connectivity index (χ2v) is 3.30. The average molecular weight is 188 g/mol. The predicted octanol–water partition coefficient (Wildman–Crippen LogP) is 0.320. The zero-order valence-electron chi connectivity index (χ0n) is 8.44. The van der Waals surface area contributed by atoms with Gasteiger partial charge in [-0.25, -0.2) is 4.79 Å². The predicted molar refractivity (Wildman–Crippen MR) is 48.5 cm³/mol. The van der Waals surface area contributed by atoms with Gasteiger partial charge in [-0.05, 0) is 0 Å². The number of nitrogens with zero attached hydrogens (tertiary/aromatic N) is 2. The molecule has 0 aromatic heterocycles. The summed E-state index contributed by atoms with van der Waals surface area (Å²) in [6, 6.07) is -0.187. The first-order valence-corrected chi connectivity index (χ1v) is 4.01. The van der Waals surface area contributed by atoms with Gasteiger partial charge in [-0.15, -0.1) is 0 Å². The number of carboxylic acid groups (broad SMARTS) is 1. The van der Waals surface area contributed by atoms with Gasteiger partial charge in [0.2, 0.25) is 0 Å². The van der Waals surface area contributed by atoms with Gasteiger partial charge in [0.1, 0.15) is 0 Å². The lowest BCUT2D eigenvalue weighted by molar-refractivity contribution is -0.141. The van der Waals surface area contributed by atoms with Crippen LogP contribution >= 0.6 is 0 Å². The Labute approximate surface area is 77.9 Å². The van der Waals surface area contributed by atoms with E-state index in [1.165, 1.54) is 9.80 Å². The summed E-state index contributed by atoms with van der Waals surface area (Å²) in [4.78, 5) is 24.5. The number of hydrogen-bond donors (Lipinski definition) is 1. The molecule has 0 saturated heterocycles. The van der Waals surface area contributed by atoms with Crippen LogP contribution in [0.15, 0.2) is 0 Å². The van der Waals surface area contributed by atoms with Crippen LogP contribution in [0.1, 0.15) is 6.92 Å². The maximum atomic E-state index is 11.3. The molecular weight excluding hydrogens is 172 g/mol. The standard InChI is InChI=1S/C8H16N2O3/c1-6(7(11)12)5-10(4)8(13)9(2)3/h6H,5H2,1-4H3,(H,11,12). The van der Waals surface area contributed by atoms with E-state index in [-0.39, 0.29) is 12.6 Å². The van der Waals surface area contributed by atoms with Crippen LogP contribution in [-0.4, -0.2) is 54.6 Å². The third kappa shape index (κ3) is 3.78. The number of urea groups is 1. The van der Waals surface area contributed by atoms with Crippen LogP contribution < -0.4 is 0 Å². The Balaban J connectivity index is 4.07. The molecule has 1 unspecified atom stereocenters. The van der Waals surface area contributed by atoms with E-state index in [4.69, 9.17) is 5.11 Å². The normalized spacial score (nSPS) is 12.0. The molecule has 0 saturated carbocycles. The summed E-state index contributed by atoms with van der Waals surface area (Å²) in [6.45, 7) is 1.80. The van der Waals surface area contributed by atoms with Crippen LogP contribution in [0, 0.1) is 5.92 Å². The molecule has 0 aromatic rings. The quantitative estimate of drug-likeness (QED) is 0.693. The van der Waals surface area contributed by atoms with Gasteiger partial charge in [-0.2, -0.15) is 0 Å². The summed E-state index contributed by atoms with van der Waals surface area (Å²) in [7, 11) is 4.84. The van der Waals surface area contributed by atoms with Crippen molar-refractivity contribution in [1.29, 1.82) is 0 Å². The molecule has 1 N–H and O–H groups in total. The zero-order valence-corrected chi connectivity index (χ0v) is 8.44. The van der Waals surface area contributed by atoms with Crippen molar-refractivity contribution in [3.63, 3.8) is 0 Å². The SMILES string of the molecule is CC(CN(C)C(=O)N(C)C)C(=O)O. The van der Waals surface area contributed by atoms with E-state index in [0.717, 1.165) is 0 Å². The lowest BCUT2D eigenvalue weighted by atomic mass is 10.2. The molecular formula is C8H16N2O3. The smallest absolute Gasteiger partial charge is 0.319 e. The van der Waals surface area contributed by atoms with Gasteiger partial charge < -0.3 is 14.9 Å². The van der Waals surface area contributed by atoms with E-state index in [2.05, 4.69) is 0 Å². The highest BCUT2D eigenvalue weighted by molar-refractivity contribution is 5.75. The Morgan fingerprint density at radius 3 is 2.08 bits per heavy atom. The van der Waals surface area contributed by atoms with Crippen molar-refractivity contribution >= 4 is 12.0 Å². The maximum absolute atomic E-state index is 11.3. The van der Waals surface area contributed by atoms with E-state index in [1.807, 2.05) is 0 Å². The molecule has 0 radical (unpaired) electrons. The lowest BCUT2D eigenvalue weighted by Crippen LogP contribution is -2.40. The summed E-state index contributed by atoms with van der Waals surface area (Å²) in [5.74, 6) is -1.42. The van der Waals surface area contributed by atoms with Crippen molar-refractivity contribution in [3.8, 4) is 0 Å². The molecule has 76 valence electrons. The number of carbonyl (C=O) groups is 2. The van der Waals surface area contributed by atoms with Gasteiger partial charge >= 0.3 is 12.0 Å². The zero-order chi connectivity index (χ0) is 10.6. The molecule has 0 spiro atoms. The van der Waals surface area contributed by atoms with Crippen LogP contribution in [0.5, 0.6) is 0 Å². The van der Waals surface area contributed by atoms with Gasteiger partial charge in [-0.1, -0.05) is 6.92 Å². The highest BCUT2D eigenvalue weighted by Gasteiger charge is 2.17. The van der Waals surface area contributed by atoms with Crippen LogP contribution in [0.3, 0.4) is 0 Å². The van der Waals surface area contributed by atoms with Gasteiger partial charge in [0.15, 0.2) is 0 Å². The fraction of sp³-hybridized carbons (Fsp3) is 0.750. The highest BCUT2D eigenvalue weighted by atomic mass is 16.4. The first-order chi connectivity index (χ1) is 5.86. The Hall–Kier alpha value is -1.26. The van der Waals surface area contributed by atoms with Crippen LogP contribution in [0.25, 0.3) is 0 Å². The van der Waals surface area contributed by atoms with Crippen molar-refractivity contribution in [2.45, 2.75) is 6.92 Å². The number of carbonyl (C=O) groups excluding carboxylic acids is 1. The number of amides is 2. The minimum atomic E-state index is -0.890. The second kappa shape index (κ2) is 4.69. The summed E-state index contributed by atoms with van der Waals surface area (Å²) >= 11 is 0. The Morgan fingerprint density at radius 1 is 1.31 bits per heavy atom. The molecule has 0 aliphatic rings. The molecule has 1 atom stereocenters. The summed E-state index contributed by atoms with van der Waals surface area (Å²) < 4.78 is 0. The lowest BCUT2D eigenvalue weighted by Gasteiger charge is -2.23. The molecule has 2 amide bonds. The molecule has 5 heteroatoms.